The molecule has 0 aliphatic heterocycles. The van der Waals surface area contributed by atoms with Gasteiger partial charge in [0.05, 0.1) is 0 Å². The van der Waals surface area contributed by atoms with Crippen molar-refractivity contribution in [1.82, 2.24) is 0 Å². The Morgan fingerprint density at radius 2 is 2.19 bits per heavy atom. The molecule has 0 spiro atoms. The van der Waals surface area contributed by atoms with Crippen LogP contribution in [0.15, 0.2) is 32.3 Å². The summed E-state index contributed by atoms with van der Waals surface area (Å²) < 4.78 is 2.03. The van der Waals surface area contributed by atoms with Crippen LogP contribution in [0.3, 0.4) is 0 Å². The van der Waals surface area contributed by atoms with E-state index in [4.69, 9.17) is 10.9 Å². The Bertz CT molecular complexity index is 382. The van der Waals surface area contributed by atoms with Gasteiger partial charge in [0.1, 0.15) is 5.84 Å². The molecule has 0 amide bonds. The molecule has 1 aromatic rings. The van der Waals surface area contributed by atoms with Crippen LogP contribution < -0.4 is 11.1 Å². The Hall–Kier alpha value is -0.750. The summed E-state index contributed by atoms with van der Waals surface area (Å²) in [6.07, 6.45) is 1.40. The molecular weight excluding hydrogens is 338 g/mol. The molecule has 0 unspecified atom stereocenters. The van der Waals surface area contributed by atoms with E-state index in [2.05, 4.69) is 42.3 Å². The monoisotopic (exact) mass is 349 g/mol. The third-order valence-corrected chi connectivity index (χ3v) is 3.13. The van der Waals surface area contributed by atoms with E-state index >= 15 is 0 Å². The van der Waals surface area contributed by atoms with E-state index in [0.717, 1.165) is 27.6 Å². The minimum Gasteiger partial charge on any atom is -0.409 e. The number of benzene rings is 1. The van der Waals surface area contributed by atoms with E-state index < -0.39 is 0 Å². The van der Waals surface area contributed by atoms with Crippen molar-refractivity contribution in [2.24, 2.45) is 10.9 Å². The SMILES string of the molecule is NC(CCCNc1ccc(Br)cc1Br)=NO. The first-order valence-electron chi connectivity index (χ1n) is 4.79. The fourth-order valence-electron chi connectivity index (χ4n) is 1.18. The Balaban J connectivity index is 2.37. The first-order valence-corrected chi connectivity index (χ1v) is 6.37. The summed E-state index contributed by atoms with van der Waals surface area (Å²) in [6, 6.07) is 5.93. The van der Waals surface area contributed by atoms with Gasteiger partial charge < -0.3 is 16.3 Å². The lowest BCUT2D eigenvalue weighted by Crippen LogP contribution is -2.13. The van der Waals surface area contributed by atoms with Gasteiger partial charge in [0.15, 0.2) is 0 Å². The summed E-state index contributed by atoms with van der Waals surface area (Å²) >= 11 is 6.85. The normalized spacial score (nSPS) is 11.5. The Morgan fingerprint density at radius 1 is 1.44 bits per heavy atom. The molecule has 0 fully saturated rings. The highest BCUT2D eigenvalue weighted by atomic mass is 79.9. The highest BCUT2D eigenvalue weighted by molar-refractivity contribution is 9.11. The number of oxime groups is 1. The van der Waals surface area contributed by atoms with Crippen LogP contribution in [0.4, 0.5) is 5.69 Å². The van der Waals surface area contributed by atoms with Crippen molar-refractivity contribution in [2.75, 3.05) is 11.9 Å². The standard InChI is InChI=1S/C10H13Br2N3O/c11-7-3-4-9(8(12)6-7)14-5-1-2-10(13)15-16/h3-4,6,14,16H,1-2,5H2,(H2,13,15). The quantitative estimate of drug-likeness (QED) is 0.251. The van der Waals surface area contributed by atoms with Crippen LogP contribution in [0.2, 0.25) is 0 Å². The maximum Gasteiger partial charge on any atom is 0.139 e. The number of nitrogens with zero attached hydrogens (tertiary/aromatic N) is 1. The van der Waals surface area contributed by atoms with Crippen LogP contribution in [-0.2, 0) is 0 Å². The number of rotatable bonds is 5. The number of hydrogen-bond donors (Lipinski definition) is 3. The molecule has 16 heavy (non-hydrogen) atoms. The average molecular weight is 351 g/mol. The molecule has 0 aromatic heterocycles. The van der Waals surface area contributed by atoms with Crippen LogP contribution in [0, 0.1) is 0 Å². The van der Waals surface area contributed by atoms with Gasteiger partial charge in [-0.1, -0.05) is 21.1 Å². The predicted octanol–water partition coefficient (Wildman–Crippen LogP) is 3.15. The molecule has 0 aliphatic carbocycles. The van der Waals surface area contributed by atoms with Crippen molar-refractivity contribution in [3.05, 3.63) is 27.1 Å². The van der Waals surface area contributed by atoms with Gasteiger partial charge in [0, 0.05) is 27.6 Å². The predicted molar refractivity (Wildman–Crippen MR) is 73.0 cm³/mol. The third kappa shape index (κ3) is 4.40. The summed E-state index contributed by atoms with van der Waals surface area (Å²) in [4.78, 5) is 0. The molecule has 4 nitrogen and oxygen atoms in total. The number of nitrogens with two attached hydrogens (primary N) is 1. The van der Waals surface area contributed by atoms with Crippen molar-refractivity contribution in [1.29, 1.82) is 0 Å². The highest BCUT2D eigenvalue weighted by Crippen LogP contribution is 2.25. The topological polar surface area (TPSA) is 70.6 Å². The molecule has 1 aromatic carbocycles. The van der Waals surface area contributed by atoms with Crippen LogP contribution >= 0.6 is 31.9 Å². The Morgan fingerprint density at radius 3 is 2.81 bits per heavy atom. The first kappa shape index (κ1) is 13.3. The minimum absolute atomic E-state index is 0.261. The lowest BCUT2D eigenvalue weighted by Gasteiger charge is -2.08. The fraction of sp³-hybridized carbons (Fsp3) is 0.300. The molecule has 0 saturated heterocycles. The molecule has 0 aliphatic rings. The summed E-state index contributed by atoms with van der Waals surface area (Å²) in [7, 11) is 0. The zero-order valence-corrected chi connectivity index (χ0v) is 11.8. The van der Waals surface area contributed by atoms with E-state index in [-0.39, 0.29) is 5.84 Å². The molecule has 4 N–H and O–H groups in total. The average Bonchev–Trinajstić information content (AvgIpc) is 2.26. The zero-order valence-electron chi connectivity index (χ0n) is 8.58. The lowest BCUT2D eigenvalue weighted by atomic mass is 10.2. The van der Waals surface area contributed by atoms with Crippen molar-refractivity contribution in [2.45, 2.75) is 12.8 Å². The van der Waals surface area contributed by atoms with Gasteiger partial charge in [-0.25, -0.2) is 0 Å². The second-order valence-electron chi connectivity index (χ2n) is 3.25. The number of halogens is 2. The van der Waals surface area contributed by atoms with Crippen molar-refractivity contribution in [3.63, 3.8) is 0 Å². The number of nitrogens with one attached hydrogen (secondary N) is 1. The van der Waals surface area contributed by atoms with E-state index in [1.165, 1.54) is 0 Å². The first-order chi connectivity index (χ1) is 7.63. The van der Waals surface area contributed by atoms with Gasteiger partial charge in [0.2, 0.25) is 0 Å². The molecule has 6 heteroatoms. The smallest absolute Gasteiger partial charge is 0.139 e. The highest BCUT2D eigenvalue weighted by Gasteiger charge is 2.00. The van der Waals surface area contributed by atoms with E-state index in [1.54, 1.807) is 0 Å². The van der Waals surface area contributed by atoms with E-state index in [0.29, 0.717) is 6.42 Å². The number of amidine groups is 1. The largest absolute Gasteiger partial charge is 0.409 e. The Kier molecular flexibility index (Phi) is 5.62. The van der Waals surface area contributed by atoms with Crippen molar-refractivity contribution in [3.8, 4) is 0 Å². The summed E-state index contributed by atoms with van der Waals surface area (Å²) in [5.41, 5.74) is 6.39. The second kappa shape index (κ2) is 6.75. The molecular formula is C10H13Br2N3O. The molecule has 0 heterocycles. The fourth-order valence-corrected chi connectivity index (χ4v) is 2.36. The van der Waals surface area contributed by atoms with Gasteiger partial charge in [0.25, 0.3) is 0 Å². The second-order valence-corrected chi connectivity index (χ2v) is 5.02. The van der Waals surface area contributed by atoms with Gasteiger partial charge in [-0.3, -0.25) is 0 Å². The molecule has 0 radical (unpaired) electrons. The number of anilines is 1. The molecule has 0 saturated carbocycles. The molecule has 88 valence electrons. The van der Waals surface area contributed by atoms with Gasteiger partial charge in [-0.2, -0.15) is 0 Å². The molecule has 1 rings (SSSR count). The molecule has 0 bridgehead atoms. The van der Waals surface area contributed by atoms with Crippen molar-refractivity contribution >= 4 is 43.4 Å². The van der Waals surface area contributed by atoms with Crippen LogP contribution in [-0.4, -0.2) is 17.6 Å². The van der Waals surface area contributed by atoms with Gasteiger partial charge in [-0.15, -0.1) is 0 Å². The lowest BCUT2D eigenvalue weighted by molar-refractivity contribution is 0.316. The summed E-state index contributed by atoms with van der Waals surface area (Å²) in [5.74, 6) is 0.261. The maximum absolute atomic E-state index is 8.36. The summed E-state index contributed by atoms with van der Waals surface area (Å²) in [6.45, 7) is 0.774. The maximum atomic E-state index is 8.36. The van der Waals surface area contributed by atoms with Crippen LogP contribution in [0.1, 0.15) is 12.8 Å². The third-order valence-electron chi connectivity index (χ3n) is 1.98. The van der Waals surface area contributed by atoms with Crippen molar-refractivity contribution < 1.29 is 5.21 Å². The van der Waals surface area contributed by atoms with E-state index in [1.807, 2.05) is 18.2 Å². The Labute approximate surface area is 111 Å². The summed E-state index contributed by atoms with van der Waals surface area (Å²) in [5, 5.41) is 14.5. The zero-order chi connectivity index (χ0) is 12.0. The number of hydrogen-bond acceptors (Lipinski definition) is 3. The van der Waals surface area contributed by atoms with E-state index in [9.17, 15) is 0 Å². The minimum atomic E-state index is 0.261. The van der Waals surface area contributed by atoms with Crippen LogP contribution in [0.25, 0.3) is 0 Å². The van der Waals surface area contributed by atoms with Crippen LogP contribution in [0.5, 0.6) is 0 Å². The molecule has 0 atom stereocenters. The van der Waals surface area contributed by atoms with Gasteiger partial charge in [-0.05, 0) is 40.5 Å². The van der Waals surface area contributed by atoms with Gasteiger partial charge >= 0.3 is 0 Å².